The number of pyridine rings is 1. The van der Waals surface area contributed by atoms with Crippen molar-refractivity contribution in [1.29, 1.82) is 5.26 Å². The lowest BCUT2D eigenvalue weighted by Crippen LogP contribution is -2.35. The number of nitrogens with zero attached hydrogens (tertiary/aromatic N) is 5. The van der Waals surface area contributed by atoms with Gasteiger partial charge in [0.15, 0.2) is 0 Å². The summed E-state index contributed by atoms with van der Waals surface area (Å²) in [5, 5.41) is 14.0. The molecular weight excluding hydrogens is 342 g/mol. The second-order valence-corrected chi connectivity index (χ2v) is 6.61. The molecule has 0 bridgehead atoms. The van der Waals surface area contributed by atoms with Gasteiger partial charge in [-0.25, -0.2) is 4.98 Å². The van der Waals surface area contributed by atoms with Crippen LogP contribution in [0.25, 0.3) is 11.1 Å². The Hall–Kier alpha value is -3.40. The van der Waals surface area contributed by atoms with E-state index in [2.05, 4.69) is 21.1 Å². The lowest BCUT2D eigenvalue weighted by Gasteiger charge is -2.24. The first kappa shape index (κ1) is 17.0. The topological polar surface area (TPSA) is 86.3 Å². The number of carbonyl (C=O) groups excluding carboxylic acids is 1. The average Bonchev–Trinajstić information content (AvgIpc) is 2.92. The van der Waals surface area contributed by atoms with E-state index in [1.165, 1.54) is 0 Å². The Kier molecular flexibility index (Phi) is 4.47. The summed E-state index contributed by atoms with van der Waals surface area (Å²) in [6.07, 6.45) is 2.39. The maximum atomic E-state index is 13.0. The minimum absolute atomic E-state index is 0.0413. The number of hydrogen-bond acceptors (Lipinski definition) is 6. The summed E-state index contributed by atoms with van der Waals surface area (Å²) in [6, 6.07) is 11.6. The second-order valence-electron chi connectivity index (χ2n) is 6.61. The first-order chi connectivity index (χ1) is 13.2. The van der Waals surface area contributed by atoms with Crippen LogP contribution in [0.1, 0.15) is 28.0 Å². The molecule has 4 rings (SSSR count). The van der Waals surface area contributed by atoms with Crippen LogP contribution in [-0.4, -0.2) is 47.1 Å². The van der Waals surface area contributed by atoms with E-state index < -0.39 is 0 Å². The van der Waals surface area contributed by atoms with Crippen LogP contribution >= 0.6 is 0 Å². The molecule has 0 radical (unpaired) electrons. The van der Waals surface area contributed by atoms with E-state index in [4.69, 9.17) is 4.52 Å². The number of para-hydroxylation sites is 1. The largest absolute Gasteiger partial charge is 0.369 e. The Bertz CT molecular complexity index is 1040. The molecular formula is C20H19N5O2. The summed E-state index contributed by atoms with van der Waals surface area (Å²) < 4.78 is 5.11. The number of fused-ring (bicyclic) bond motifs is 1. The Balaban J connectivity index is 1.52. The molecule has 7 heteroatoms. The standard InChI is InChI=1S/C20H19N5O2/c1-14-17-11-16(13-22-19(17)27-23-14)20(26)25-8-4-7-24(9-10-25)18-6-3-2-5-15(18)12-21/h2-3,5-6,11,13H,4,7-10H2,1H3. The van der Waals surface area contributed by atoms with Crippen molar-refractivity contribution in [3.05, 3.63) is 53.3 Å². The summed E-state index contributed by atoms with van der Waals surface area (Å²) in [6.45, 7) is 4.60. The molecule has 0 unspecified atom stereocenters. The zero-order valence-electron chi connectivity index (χ0n) is 15.1. The molecule has 3 heterocycles. The van der Waals surface area contributed by atoms with Crippen molar-refractivity contribution in [3.63, 3.8) is 0 Å². The SMILES string of the molecule is Cc1noc2ncc(C(=O)N3CCCN(c4ccccc4C#N)CC3)cc12. The fourth-order valence-corrected chi connectivity index (χ4v) is 3.45. The van der Waals surface area contributed by atoms with Gasteiger partial charge in [-0.1, -0.05) is 17.3 Å². The molecule has 27 heavy (non-hydrogen) atoms. The highest BCUT2D eigenvalue weighted by Crippen LogP contribution is 2.22. The number of carbonyl (C=O) groups is 1. The molecule has 1 aliphatic rings. The number of rotatable bonds is 2. The summed E-state index contributed by atoms with van der Waals surface area (Å²) in [5.41, 5.74) is 3.30. The van der Waals surface area contributed by atoms with Crippen LogP contribution in [0.2, 0.25) is 0 Å². The van der Waals surface area contributed by atoms with Crippen LogP contribution in [0.4, 0.5) is 5.69 Å². The number of aryl methyl sites for hydroxylation is 1. The molecule has 136 valence electrons. The molecule has 0 N–H and O–H groups in total. The monoisotopic (exact) mass is 361 g/mol. The second kappa shape index (κ2) is 7.08. The molecule has 2 aromatic heterocycles. The van der Waals surface area contributed by atoms with Crippen molar-refractivity contribution in [3.8, 4) is 6.07 Å². The van der Waals surface area contributed by atoms with Gasteiger partial charge < -0.3 is 14.3 Å². The predicted molar refractivity (Wildman–Crippen MR) is 100 cm³/mol. The predicted octanol–water partition coefficient (Wildman–Crippen LogP) is 2.76. The summed E-state index contributed by atoms with van der Waals surface area (Å²) in [7, 11) is 0. The molecule has 1 aromatic carbocycles. The lowest BCUT2D eigenvalue weighted by atomic mass is 10.1. The molecule has 0 aliphatic carbocycles. The van der Waals surface area contributed by atoms with Crippen molar-refractivity contribution >= 4 is 22.7 Å². The lowest BCUT2D eigenvalue weighted by molar-refractivity contribution is 0.0767. The van der Waals surface area contributed by atoms with E-state index in [1.807, 2.05) is 36.1 Å². The van der Waals surface area contributed by atoms with Crippen molar-refractivity contribution in [2.24, 2.45) is 0 Å². The minimum atomic E-state index is -0.0413. The Labute approximate surface area is 156 Å². The average molecular weight is 361 g/mol. The molecule has 1 aliphatic heterocycles. The van der Waals surface area contributed by atoms with E-state index in [-0.39, 0.29) is 5.91 Å². The quantitative estimate of drug-likeness (QED) is 0.698. The number of amides is 1. The molecule has 3 aromatic rings. The van der Waals surface area contributed by atoms with Crippen LogP contribution in [0, 0.1) is 18.3 Å². The first-order valence-corrected chi connectivity index (χ1v) is 8.93. The summed E-state index contributed by atoms with van der Waals surface area (Å²) >= 11 is 0. The van der Waals surface area contributed by atoms with Crippen molar-refractivity contribution < 1.29 is 9.32 Å². The highest BCUT2D eigenvalue weighted by atomic mass is 16.5. The Morgan fingerprint density at radius 3 is 2.93 bits per heavy atom. The molecule has 1 amide bonds. The van der Waals surface area contributed by atoms with E-state index in [0.29, 0.717) is 36.5 Å². The van der Waals surface area contributed by atoms with Gasteiger partial charge in [-0.05, 0) is 31.5 Å². The van der Waals surface area contributed by atoms with E-state index in [0.717, 1.165) is 29.7 Å². The van der Waals surface area contributed by atoms with Crippen molar-refractivity contribution in [1.82, 2.24) is 15.0 Å². The van der Waals surface area contributed by atoms with Crippen molar-refractivity contribution in [2.45, 2.75) is 13.3 Å². The van der Waals surface area contributed by atoms with Crippen LogP contribution in [0.3, 0.4) is 0 Å². The molecule has 1 fully saturated rings. The third-order valence-electron chi connectivity index (χ3n) is 4.91. The molecule has 0 atom stereocenters. The number of hydrogen-bond donors (Lipinski definition) is 0. The smallest absolute Gasteiger partial charge is 0.257 e. The maximum absolute atomic E-state index is 13.0. The maximum Gasteiger partial charge on any atom is 0.257 e. The van der Waals surface area contributed by atoms with Crippen LogP contribution in [0.15, 0.2) is 41.1 Å². The van der Waals surface area contributed by atoms with E-state index in [1.54, 1.807) is 12.3 Å². The van der Waals surface area contributed by atoms with Gasteiger partial charge in [0.25, 0.3) is 11.6 Å². The highest BCUT2D eigenvalue weighted by Gasteiger charge is 2.22. The molecule has 0 spiro atoms. The fraction of sp³-hybridized carbons (Fsp3) is 0.300. The normalized spacial score (nSPS) is 14.8. The minimum Gasteiger partial charge on any atom is -0.369 e. The zero-order valence-corrected chi connectivity index (χ0v) is 15.1. The Morgan fingerprint density at radius 2 is 2.07 bits per heavy atom. The first-order valence-electron chi connectivity index (χ1n) is 8.93. The van der Waals surface area contributed by atoms with Crippen LogP contribution in [-0.2, 0) is 0 Å². The van der Waals surface area contributed by atoms with Crippen LogP contribution in [0.5, 0.6) is 0 Å². The van der Waals surface area contributed by atoms with Gasteiger partial charge in [0.2, 0.25) is 0 Å². The van der Waals surface area contributed by atoms with Gasteiger partial charge in [-0.2, -0.15) is 5.26 Å². The molecule has 1 saturated heterocycles. The van der Waals surface area contributed by atoms with Gasteiger partial charge in [-0.3, -0.25) is 4.79 Å². The highest BCUT2D eigenvalue weighted by molar-refractivity contribution is 5.97. The molecule has 7 nitrogen and oxygen atoms in total. The van der Waals surface area contributed by atoms with Gasteiger partial charge in [0, 0.05) is 32.4 Å². The number of benzene rings is 1. The Morgan fingerprint density at radius 1 is 1.22 bits per heavy atom. The summed E-state index contributed by atoms with van der Waals surface area (Å²) in [5.74, 6) is -0.0413. The van der Waals surface area contributed by atoms with Gasteiger partial charge in [0.05, 0.1) is 27.9 Å². The van der Waals surface area contributed by atoms with Gasteiger partial charge in [0.1, 0.15) is 6.07 Å². The number of nitriles is 1. The summed E-state index contributed by atoms with van der Waals surface area (Å²) in [4.78, 5) is 21.2. The molecule has 0 saturated carbocycles. The van der Waals surface area contributed by atoms with Crippen molar-refractivity contribution in [2.75, 3.05) is 31.1 Å². The third kappa shape index (κ3) is 3.22. The number of aromatic nitrogens is 2. The van der Waals surface area contributed by atoms with E-state index in [9.17, 15) is 10.1 Å². The third-order valence-corrected chi connectivity index (χ3v) is 4.91. The van der Waals surface area contributed by atoms with Gasteiger partial charge in [-0.15, -0.1) is 0 Å². The fourth-order valence-electron chi connectivity index (χ4n) is 3.45. The van der Waals surface area contributed by atoms with E-state index >= 15 is 0 Å². The van der Waals surface area contributed by atoms with Gasteiger partial charge >= 0.3 is 0 Å². The van der Waals surface area contributed by atoms with Crippen LogP contribution < -0.4 is 4.90 Å². The zero-order chi connectivity index (χ0) is 18.8. The number of anilines is 1.